The van der Waals surface area contributed by atoms with E-state index in [1.54, 1.807) is 0 Å². The van der Waals surface area contributed by atoms with Crippen LogP contribution >= 0.6 is 23.8 Å². The van der Waals surface area contributed by atoms with Crippen molar-refractivity contribution in [2.75, 3.05) is 0 Å². The molecular formula is C17H11ClN2OS. The standard InChI is InChI=1S/C17H11ClN2OS/c18-12-8-4-3-7-11(12)14-13-9-5-1-2-6-10(9)16(21)15(13)20-17(22)19-14/h1-8,14H,(H2,19,20,22)/t14-/m1/s1. The molecule has 0 unspecified atom stereocenters. The molecule has 1 atom stereocenters. The molecule has 5 heteroatoms. The first-order valence-corrected chi connectivity index (χ1v) is 7.65. The summed E-state index contributed by atoms with van der Waals surface area (Å²) in [6.45, 7) is 0. The monoisotopic (exact) mass is 326 g/mol. The van der Waals surface area contributed by atoms with Crippen LogP contribution in [0.25, 0.3) is 5.57 Å². The molecule has 4 rings (SSSR count). The second kappa shape index (κ2) is 4.93. The number of nitrogens with one attached hydrogen (secondary N) is 2. The maximum Gasteiger partial charge on any atom is 0.210 e. The number of hydrogen-bond donors (Lipinski definition) is 2. The van der Waals surface area contributed by atoms with E-state index in [9.17, 15) is 4.79 Å². The molecule has 108 valence electrons. The molecule has 2 aromatic carbocycles. The summed E-state index contributed by atoms with van der Waals surface area (Å²) in [5.41, 5.74) is 3.99. The van der Waals surface area contributed by atoms with E-state index in [1.165, 1.54) is 0 Å². The fraction of sp³-hybridized carbons (Fsp3) is 0.0588. The highest BCUT2D eigenvalue weighted by Crippen LogP contribution is 2.43. The topological polar surface area (TPSA) is 41.1 Å². The largest absolute Gasteiger partial charge is 0.351 e. The lowest BCUT2D eigenvalue weighted by atomic mass is 9.92. The van der Waals surface area contributed by atoms with Crippen molar-refractivity contribution in [1.82, 2.24) is 10.6 Å². The Hall–Kier alpha value is -2.17. The lowest BCUT2D eigenvalue weighted by Gasteiger charge is -2.29. The van der Waals surface area contributed by atoms with E-state index in [-0.39, 0.29) is 11.8 Å². The maximum absolute atomic E-state index is 12.6. The van der Waals surface area contributed by atoms with E-state index < -0.39 is 0 Å². The Kier molecular flexibility index (Phi) is 3.03. The number of ketones is 1. The van der Waals surface area contributed by atoms with Gasteiger partial charge in [0.15, 0.2) is 5.11 Å². The van der Waals surface area contributed by atoms with E-state index in [2.05, 4.69) is 10.6 Å². The molecule has 0 radical (unpaired) electrons. The highest BCUT2D eigenvalue weighted by Gasteiger charge is 2.38. The zero-order valence-electron chi connectivity index (χ0n) is 11.4. The van der Waals surface area contributed by atoms with Crippen molar-refractivity contribution in [2.24, 2.45) is 0 Å². The van der Waals surface area contributed by atoms with Gasteiger partial charge in [0.1, 0.15) is 0 Å². The van der Waals surface area contributed by atoms with Crippen molar-refractivity contribution in [3.63, 3.8) is 0 Å². The van der Waals surface area contributed by atoms with Gasteiger partial charge in [-0.15, -0.1) is 0 Å². The number of rotatable bonds is 1. The molecular weight excluding hydrogens is 316 g/mol. The Bertz CT molecular complexity index is 859. The third kappa shape index (κ3) is 1.88. The summed E-state index contributed by atoms with van der Waals surface area (Å²) in [4.78, 5) is 12.6. The fourth-order valence-corrected chi connectivity index (χ4v) is 3.49. The average Bonchev–Trinajstić information content (AvgIpc) is 2.81. The van der Waals surface area contributed by atoms with Crippen molar-refractivity contribution < 1.29 is 4.79 Å². The van der Waals surface area contributed by atoms with Crippen LogP contribution in [-0.4, -0.2) is 10.9 Å². The molecule has 22 heavy (non-hydrogen) atoms. The van der Waals surface area contributed by atoms with Crippen LogP contribution in [0.5, 0.6) is 0 Å². The number of hydrogen-bond acceptors (Lipinski definition) is 2. The molecule has 2 aliphatic rings. The van der Waals surface area contributed by atoms with Gasteiger partial charge in [-0.05, 0) is 29.4 Å². The minimum atomic E-state index is -0.231. The third-order valence-electron chi connectivity index (χ3n) is 3.98. The van der Waals surface area contributed by atoms with Gasteiger partial charge in [-0.1, -0.05) is 54.1 Å². The minimum absolute atomic E-state index is 0.0218. The quantitative estimate of drug-likeness (QED) is 0.787. The van der Waals surface area contributed by atoms with Crippen molar-refractivity contribution in [3.05, 3.63) is 75.9 Å². The first-order chi connectivity index (χ1) is 10.7. The summed E-state index contributed by atoms with van der Waals surface area (Å²) in [5, 5.41) is 7.32. The number of benzene rings is 2. The molecule has 0 saturated heterocycles. The lowest BCUT2D eigenvalue weighted by molar-refractivity contribution is 0.103. The van der Waals surface area contributed by atoms with E-state index in [4.69, 9.17) is 23.8 Å². The van der Waals surface area contributed by atoms with Gasteiger partial charge in [0.25, 0.3) is 0 Å². The zero-order chi connectivity index (χ0) is 15.3. The summed E-state index contributed by atoms with van der Waals surface area (Å²) in [6, 6.07) is 15.0. The summed E-state index contributed by atoms with van der Waals surface area (Å²) >= 11 is 11.6. The van der Waals surface area contributed by atoms with Crippen LogP contribution in [-0.2, 0) is 0 Å². The summed E-state index contributed by atoms with van der Waals surface area (Å²) in [6.07, 6.45) is 0. The van der Waals surface area contributed by atoms with Crippen LogP contribution in [0.2, 0.25) is 5.02 Å². The van der Waals surface area contributed by atoms with Gasteiger partial charge in [-0.3, -0.25) is 4.79 Å². The smallest absolute Gasteiger partial charge is 0.210 e. The number of halogens is 1. The van der Waals surface area contributed by atoms with Crippen molar-refractivity contribution in [2.45, 2.75) is 6.04 Å². The van der Waals surface area contributed by atoms with Crippen LogP contribution in [0, 0.1) is 0 Å². The normalized spacial score (nSPS) is 19.4. The van der Waals surface area contributed by atoms with E-state index in [0.717, 1.165) is 16.7 Å². The Morgan fingerprint density at radius 1 is 1.00 bits per heavy atom. The molecule has 1 aliphatic heterocycles. The number of thiocarbonyl (C=S) groups is 1. The van der Waals surface area contributed by atoms with E-state index in [1.807, 2.05) is 48.5 Å². The molecule has 0 spiro atoms. The van der Waals surface area contributed by atoms with Crippen molar-refractivity contribution in [1.29, 1.82) is 0 Å². The first-order valence-electron chi connectivity index (χ1n) is 6.87. The van der Waals surface area contributed by atoms with Crippen molar-refractivity contribution >= 4 is 40.3 Å². The zero-order valence-corrected chi connectivity index (χ0v) is 13.0. The number of carbonyl (C=O) groups is 1. The predicted octanol–water partition coefficient (Wildman–Crippen LogP) is 3.47. The molecule has 0 fully saturated rings. The van der Waals surface area contributed by atoms with Gasteiger partial charge in [0, 0.05) is 16.2 Å². The van der Waals surface area contributed by atoms with Crippen LogP contribution in [0.1, 0.15) is 27.5 Å². The van der Waals surface area contributed by atoms with Gasteiger partial charge in [0.2, 0.25) is 5.78 Å². The van der Waals surface area contributed by atoms with Gasteiger partial charge in [0.05, 0.1) is 11.7 Å². The first kappa shape index (κ1) is 13.5. The molecule has 2 aromatic rings. The molecule has 3 nitrogen and oxygen atoms in total. The molecule has 0 aromatic heterocycles. The minimum Gasteiger partial charge on any atom is -0.351 e. The summed E-state index contributed by atoms with van der Waals surface area (Å²) < 4.78 is 0. The molecule has 0 saturated carbocycles. The molecule has 2 N–H and O–H groups in total. The fourth-order valence-electron chi connectivity index (χ4n) is 3.03. The SMILES string of the molecule is O=C1C2=C(c3ccccc31)[C@@H](c1ccccc1Cl)NC(=S)N2. The van der Waals surface area contributed by atoms with Gasteiger partial charge in [-0.2, -0.15) is 0 Å². The average molecular weight is 327 g/mol. The van der Waals surface area contributed by atoms with E-state index in [0.29, 0.717) is 21.4 Å². The van der Waals surface area contributed by atoms with Gasteiger partial charge >= 0.3 is 0 Å². The Labute approximate surface area is 138 Å². The number of Topliss-reactive ketones (excluding diaryl/α,β-unsaturated/α-hetero) is 1. The second-order valence-corrected chi connectivity index (χ2v) is 6.03. The van der Waals surface area contributed by atoms with Crippen molar-refractivity contribution in [3.8, 4) is 0 Å². The Morgan fingerprint density at radius 3 is 2.45 bits per heavy atom. The third-order valence-corrected chi connectivity index (χ3v) is 4.54. The number of allylic oxidation sites excluding steroid dienone is 1. The molecule has 0 bridgehead atoms. The number of carbonyl (C=O) groups excluding carboxylic acids is 1. The van der Waals surface area contributed by atoms with E-state index >= 15 is 0 Å². The van der Waals surface area contributed by atoms with Gasteiger partial charge in [-0.25, -0.2) is 0 Å². The number of fused-ring (bicyclic) bond motifs is 2. The lowest BCUT2D eigenvalue weighted by Crippen LogP contribution is -2.43. The highest BCUT2D eigenvalue weighted by atomic mass is 35.5. The predicted molar refractivity (Wildman–Crippen MR) is 90.8 cm³/mol. The molecule has 1 aliphatic carbocycles. The second-order valence-electron chi connectivity index (χ2n) is 5.22. The van der Waals surface area contributed by atoms with Crippen LogP contribution in [0.4, 0.5) is 0 Å². The Balaban J connectivity index is 1.95. The summed E-state index contributed by atoms with van der Waals surface area (Å²) in [7, 11) is 0. The molecule has 1 heterocycles. The summed E-state index contributed by atoms with van der Waals surface area (Å²) in [5.74, 6) is -0.0218. The van der Waals surface area contributed by atoms with Crippen LogP contribution in [0.15, 0.2) is 54.2 Å². The Morgan fingerprint density at radius 2 is 1.68 bits per heavy atom. The van der Waals surface area contributed by atoms with Gasteiger partial charge < -0.3 is 10.6 Å². The highest BCUT2D eigenvalue weighted by molar-refractivity contribution is 7.80. The van der Waals surface area contributed by atoms with Crippen LogP contribution in [0.3, 0.4) is 0 Å². The molecule has 0 amide bonds. The maximum atomic E-state index is 12.6. The van der Waals surface area contributed by atoms with Crippen LogP contribution < -0.4 is 10.6 Å².